The number of fused-ring (bicyclic) bond motifs is 2. The van der Waals surface area contributed by atoms with E-state index in [0.717, 1.165) is 16.4 Å². The number of halogens is 1. The van der Waals surface area contributed by atoms with Gasteiger partial charge >= 0.3 is 0 Å². The fourth-order valence-electron chi connectivity index (χ4n) is 3.28. The number of H-pyrrole nitrogens is 1. The maximum absolute atomic E-state index is 13.5. The van der Waals surface area contributed by atoms with Gasteiger partial charge in [-0.1, -0.05) is 29.4 Å². The van der Waals surface area contributed by atoms with Crippen LogP contribution < -0.4 is 5.32 Å². The number of nitrogens with one attached hydrogen (secondary N) is 2. The van der Waals surface area contributed by atoms with E-state index in [1.165, 1.54) is 12.1 Å². The van der Waals surface area contributed by atoms with Crippen molar-refractivity contribution >= 4 is 33.6 Å². The molecule has 0 atom stereocenters. The van der Waals surface area contributed by atoms with E-state index in [1.54, 1.807) is 30.3 Å². The maximum atomic E-state index is 13.5. The Morgan fingerprint density at radius 1 is 1.07 bits per heavy atom. The smallest absolute Gasteiger partial charge is 0.230 e. The highest BCUT2D eigenvalue weighted by molar-refractivity contribution is 5.96. The van der Waals surface area contributed by atoms with E-state index in [2.05, 4.69) is 20.4 Å². The second-order valence-corrected chi connectivity index (χ2v) is 6.68. The first-order valence-corrected chi connectivity index (χ1v) is 9.04. The molecule has 2 heterocycles. The summed E-state index contributed by atoms with van der Waals surface area (Å²) in [5.74, 6) is 0.0432. The standard InChI is InChI=1S/C22H15FN4O2/c23-14-5-3-4-13(10-14)22-25-17-9-8-15(11-19(17)26-22)24-21(28)12-18-16-6-1-2-7-20(16)29-27-18/h1-11H,12H2,(H,24,28)(H,25,26). The van der Waals surface area contributed by atoms with Crippen LogP contribution in [0.3, 0.4) is 0 Å². The summed E-state index contributed by atoms with van der Waals surface area (Å²) in [6.07, 6.45) is 0.104. The van der Waals surface area contributed by atoms with Crippen molar-refractivity contribution in [2.45, 2.75) is 6.42 Å². The van der Waals surface area contributed by atoms with E-state index < -0.39 is 0 Å². The second-order valence-electron chi connectivity index (χ2n) is 6.68. The molecule has 7 heteroatoms. The van der Waals surface area contributed by atoms with Crippen LogP contribution in [0.2, 0.25) is 0 Å². The van der Waals surface area contributed by atoms with Crippen LogP contribution in [0, 0.1) is 5.82 Å². The molecular formula is C22H15FN4O2. The van der Waals surface area contributed by atoms with Gasteiger partial charge in [0.15, 0.2) is 5.58 Å². The van der Waals surface area contributed by atoms with Gasteiger partial charge in [-0.05, 0) is 42.5 Å². The van der Waals surface area contributed by atoms with Gasteiger partial charge in [0.2, 0.25) is 5.91 Å². The number of rotatable bonds is 4. The Balaban J connectivity index is 1.37. The lowest BCUT2D eigenvalue weighted by Crippen LogP contribution is -2.14. The number of anilines is 1. The van der Waals surface area contributed by atoms with Gasteiger partial charge in [-0.2, -0.15) is 0 Å². The number of carbonyl (C=O) groups is 1. The van der Waals surface area contributed by atoms with E-state index in [9.17, 15) is 9.18 Å². The lowest BCUT2D eigenvalue weighted by molar-refractivity contribution is -0.115. The molecular weight excluding hydrogens is 371 g/mol. The molecule has 0 aliphatic heterocycles. The zero-order valence-electron chi connectivity index (χ0n) is 15.1. The number of imidazole rings is 1. The molecule has 1 amide bonds. The zero-order valence-corrected chi connectivity index (χ0v) is 15.1. The molecule has 5 aromatic rings. The average molecular weight is 386 g/mol. The average Bonchev–Trinajstić information content (AvgIpc) is 3.32. The zero-order chi connectivity index (χ0) is 19.8. The van der Waals surface area contributed by atoms with Gasteiger partial charge in [0.05, 0.1) is 17.5 Å². The summed E-state index contributed by atoms with van der Waals surface area (Å²) in [5, 5.41) is 7.68. The SMILES string of the molecule is O=C(Cc1noc2ccccc12)Nc1ccc2nc(-c3cccc(F)c3)[nH]c2c1. The summed E-state index contributed by atoms with van der Waals surface area (Å²) in [5.41, 5.74) is 4.00. The molecule has 0 saturated carbocycles. The van der Waals surface area contributed by atoms with Crippen LogP contribution in [-0.4, -0.2) is 21.0 Å². The number of benzene rings is 3. The molecule has 0 fully saturated rings. The first kappa shape index (κ1) is 17.1. The normalized spacial score (nSPS) is 11.2. The summed E-state index contributed by atoms with van der Waals surface area (Å²) in [6, 6.07) is 19.0. The summed E-state index contributed by atoms with van der Waals surface area (Å²) < 4.78 is 18.7. The van der Waals surface area contributed by atoms with Gasteiger partial charge in [0, 0.05) is 16.6 Å². The third kappa shape index (κ3) is 3.34. The Labute approximate surface area is 164 Å². The summed E-state index contributed by atoms with van der Waals surface area (Å²) in [6.45, 7) is 0. The lowest BCUT2D eigenvalue weighted by atomic mass is 10.1. The number of hydrogen-bond donors (Lipinski definition) is 2. The largest absolute Gasteiger partial charge is 0.356 e. The highest BCUT2D eigenvalue weighted by Gasteiger charge is 2.13. The van der Waals surface area contributed by atoms with Gasteiger partial charge in [-0.15, -0.1) is 0 Å². The van der Waals surface area contributed by atoms with Gasteiger partial charge in [-0.25, -0.2) is 9.37 Å². The molecule has 0 aliphatic rings. The van der Waals surface area contributed by atoms with Crippen LogP contribution >= 0.6 is 0 Å². The number of carbonyl (C=O) groups excluding carboxylic acids is 1. The van der Waals surface area contributed by atoms with Crippen LogP contribution in [0.5, 0.6) is 0 Å². The van der Waals surface area contributed by atoms with Crippen molar-refractivity contribution in [3.8, 4) is 11.4 Å². The number of aromatic nitrogens is 3. The Morgan fingerprint density at radius 2 is 1.97 bits per heavy atom. The van der Waals surface area contributed by atoms with Crippen LogP contribution in [0.4, 0.5) is 10.1 Å². The number of nitrogens with zero attached hydrogens (tertiary/aromatic N) is 2. The van der Waals surface area contributed by atoms with Crippen molar-refractivity contribution in [1.82, 2.24) is 15.1 Å². The number of hydrogen-bond acceptors (Lipinski definition) is 4. The molecule has 0 saturated heterocycles. The van der Waals surface area contributed by atoms with Crippen molar-refractivity contribution in [2.75, 3.05) is 5.32 Å². The first-order chi connectivity index (χ1) is 14.2. The van der Waals surface area contributed by atoms with E-state index in [1.807, 2.05) is 24.3 Å². The molecule has 0 spiro atoms. The van der Waals surface area contributed by atoms with E-state index in [4.69, 9.17) is 4.52 Å². The van der Waals surface area contributed by atoms with Crippen LogP contribution in [0.1, 0.15) is 5.69 Å². The van der Waals surface area contributed by atoms with E-state index in [0.29, 0.717) is 28.4 Å². The lowest BCUT2D eigenvalue weighted by Gasteiger charge is -2.04. The fourth-order valence-corrected chi connectivity index (χ4v) is 3.28. The molecule has 5 rings (SSSR count). The molecule has 2 aromatic heterocycles. The maximum Gasteiger partial charge on any atom is 0.230 e. The number of aromatic amines is 1. The minimum atomic E-state index is -0.323. The first-order valence-electron chi connectivity index (χ1n) is 9.04. The topological polar surface area (TPSA) is 83.8 Å². The highest BCUT2D eigenvalue weighted by atomic mass is 19.1. The molecule has 0 aliphatic carbocycles. The Kier molecular flexibility index (Phi) is 4.05. The van der Waals surface area contributed by atoms with Gasteiger partial charge in [-0.3, -0.25) is 4.79 Å². The predicted molar refractivity (Wildman–Crippen MR) is 108 cm³/mol. The molecule has 0 bridgehead atoms. The third-order valence-electron chi connectivity index (χ3n) is 4.64. The van der Waals surface area contributed by atoms with Crippen LogP contribution in [0.25, 0.3) is 33.4 Å². The van der Waals surface area contributed by atoms with Crippen LogP contribution in [-0.2, 0) is 11.2 Å². The molecule has 142 valence electrons. The number of para-hydroxylation sites is 1. The van der Waals surface area contributed by atoms with Crippen molar-refractivity contribution in [3.05, 3.63) is 78.2 Å². The summed E-state index contributed by atoms with van der Waals surface area (Å²) >= 11 is 0. The molecule has 0 radical (unpaired) electrons. The molecule has 0 unspecified atom stereocenters. The van der Waals surface area contributed by atoms with Crippen molar-refractivity contribution in [3.63, 3.8) is 0 Å². The second kappa shape index (κ2) is 6.87. The molecule has 6 nitrogen and oxygen atoms in total. The van der Waals surface area contributed by atoms with Gasteiger partial charge in [0.1, 0.15) is 17.3 Å². The molecule has 2 N–H and O–H groups in total. The summed E-state index contributed by atoms with van der Waals surface area (Å²) in [7, 11) is 0. The van der Waals surface area contributed by atoms with Crippen molar-refractivity contribution in [2.24, 2.45) is 0 Å². The monoisotopic (exact) mass is 386 g/mol. The Morgan fingerprint density at radius 3 is 2.86 bits per heavy atom. The quantitative estimate of drug-likeness (QED) is 0.469. The number of amides is 1. The van der Waals surface area contributed by atoms with Gasteiger partial charge in [0.25, 0.3) is 0 Å². The van der Waals surface area contributed by atoms with Crippen molar-refractivity contribution < 1.29 is 13.7 Å². The van der Waals surface area contributed by atoms with E-state index in [-0.39, 0.29) is 18.1 Å². The highest BCUT2D eigenvalue weighted by Crippen LogP contribution is 2.24. The minimum absolute atomic E-state index is 0.104. The molecule has 29 heavy (non-hydrogen) atoms. The van der Waals surface area contributed by atoms with Gasteiger partial charge < -0.3 is 14.8 Å². The van der Waals surface area contributed by atoms with Crippen LogP contribution in [0.15, 0.2) is 71.3 Å². The third-order valence-corrected chi connectivity index (χ3v) is 4.64. The Hall–Kier alpha value is -4.00. The fraction of sp³-hybridized carbons (Fsp3) is 0.0455. The van der Waals surface area contributed by atoms with E-state index >= 15 is 0 Å². The minimum Gasteiger partial charge on any atom is -0.356 e. The van der Waals surface area contributed by atoms with Crippen molar-refractivity contribution in [1.29, 1.82) is 0 Å². The molecule has 3 aromatic carbocycles. The summed E-state index contributed by atoms with van der Waals surface area (Å²) in [4.78, 5) is 20.1. The predicted octanol–water partition coefficient (Wildman–Crippen LogP) is 4.69. The Bertz CT molecular complexity index is 1360.